The highest BCUT2D eigenvalue weighted by molar-refractivity contribution is 7.99. The molecule has 1 fully saturated rings. The molecule has 1 N–H and O–H groups in total. The zero-order valence-corrected chi connectivity index (χ0v) is 19.9. The molecule has 2 heterocycles. The molecule has 0 radical (unpaired) electrons. The predicted molar refractivity (Wildman–Crippen MR) is 129 cm³/mol. The molecule has 31 heavy (non-hydrogen) atoms. The minimum absolute atomic E-state index is 0.0129. The molecule has 170 valence electrons. The summed E-state index contributed by atoms with van der Waals surface area (Å²) in [6.45, 7) is 9.08. The van der Waals surface area contributed by atoms with Gasteiger partial charge in [-0.2, -0.15) is 0 Å². The van der Waals surface area contributed by atoms with Crippen LogP contribution in [0.3, 0.4) is 0 Å². The molecule has 1 saturated heterocycles. The molecule has 1 amide bonds. The van der Waals surface area contributed by atoms with Crippen LogP contribution in [-0.4, -0.2) is 51.3 Å². The largest absolute Gasteiger partial charge is 0.353 e. The van der Waals surface area contributed by atoms with E-state index in [1.54, 1.807) is 4.57 Å². The molecular formula is C24H36N4O2S. The first-order valence-corrected chi connectivity index (χ1v) is 12.7. The number of hydrogen-bond acceptors (Lipinski definition) is 5. The number of para-hydroxylation sites is 1. The van der Waals surface area contributed by atoms with Crippen molar-refractivity contribution in [3.63, 3.8) is 0 Å². The van der Waals surface area contributed by atoms with Crippen molar-refractivity contribution < 1.29 is 4.79 Å². The maximum atomic E-state index is 13.2. The zero-order valence-electron chi connectivity index (χ0n) is 19.1. The van der Waals surface area contributed by atoms with Crippen molar-refractivity contribution >= 4 is 28.6 Å². The number of benzene rings is 1. The lowest BCUT2D eigenvalue weighted by Gasteiger charge is -2.35. The van der Waals surface area contributed by atoms with Gasteiger partial charge < -0.3 is 10.2 Å². The lowest BCUT2D eigenvalue weighted by molar-refractivity contribution is -0.119. The second-order valence-electron chi connectivity index (χ2n) is 8.48. The minimum atomic E-state index is -0.0209. The van der Waals surface area contributed by atoms with Gasteiger partial charge in [0.05, 0.1) is 16.7 Å². The SMILES string of the molecule is CCC(C)NC(=O)CSc1nc2ccccc2c(=O)n1CCCN1CCCCC1CC. The van der Waals surface area contributed by atoms with E-state index in [0.29, 0.717) is 28.6 Å². The van der Waals surface area contributed by atoms with E-state index >= 15 is 0 Å². The van der Waals surface area contributed by atoms with Gasteiger partial charge in [-0.15, -0.1) is 0 Å². The van der Waals surface area contributed by atoms with Gasteiger partial charge >= 0.3 is 0 Å². The number of thioether (sulfide) groups is 1. The number of rotatable bonds is 10. The van der Waals surface area contributed by atoms with Crippen molar-refractivity contribution in [2.45, 2.75) is 83.1 Å². The molecule has 7 heteroatoms. The van der Waals surface area contributed by atoms with Gasteiger partial charge in [-0.05, 0) is 57.7 Å². The quantitative estimate of drug-likeness (QED) is 0.442. The topological polar surface area (TPSA) is 67.2 Å². The Labute approximate surface area is 189 Å². The smallest absolute Gasteiger partial charge is 0.262 e. The number of carbonyl (C=O) groups is 1. The fourth-order valence-corrected chi connectivity index (χ4v) is 5.09. The van der Waals surface area contributed by atoms with Gasteiger partial charge in [0.15, 0.2) is 5.16 Å². The molecule has 2 aromatic rings. The molecule has 0 bridgehead atoms. The number of nitrogens with zero attached hydrogens (tertiary/aromatic N) is 3. The Hall–Kier alpha value is -1.86. The van der Waals surface area contributed by atoms with Gasteiger partial charge in [0, 0.05) is 25.2 Å². The molecule has 1 aliphatic rings. The van der Waals surface area contributed by atoms with Gasteiger partial charge in [-0.1, -0.05) is 44.2 Å². The van der Waals surface area contributed by atoms with Gasteiger partial charge in [0.25, 0.3) is 5.56 Å². The number of piperidine rings is 1. The Morgan fingerprint density at radius 3 is 2.84 bits per heavy atom. The third-order valence-corrected chi connectivity index (χ3v) is 7.20. The minimum Gasteiger partial charge on any atom is -0.353 e. The van der Waals surface area contributed by atoms with Crippen LogP contribution in [0, 0.1) is 0 Å². The van der Waals surface area contributed by atoms with Crippen LogP contribution in [-0.2, 0) is 11.3 Å². The molecule has 0 saturated carbocycles. The highest BCUT2D eigenvalue weighted by Gasteiger charge is 2.20. The first-order valence-electron chi connectivity index (χ1n) is 11.7. The first kappa shape index (κ1) is 23.8. The lowest BCUT2D eigenvalue weighted by atomic mass is 10.00. The Morgan fingerprint density at radius 2 is 2.06 bits per heavy atom. The second-order valence-corrected chi connectivity index (χ2v) is 9.42. The van der Waals surface area contributed by atoms with Crippen molar-refractivity contribution in [1.29, 1.82) is 0 Å². The second kappa shape index (κ2) is 11.7. The van der Waals surface area contributed by atoms with Crippen molar-refractivity contribution in [2.75, 3.05) is 18.8 Å². The van der Waals surface area contributed by atoms with Crippen LogP contribution < -0.4 is 10.9 Å². The van der Waals surface area contributed by atoms with E-state index in [2.05, 4.69) is 17.1 Å². The summed E-state index contributed by atoms with van der Waals surface area (Å²) >= 11 is 1.35. The Morgan fingerprint density at radius 1 is 1.26 bits per heavy atom. The summed E-state index contributed by atoms with van der Waals surface area (Å²) in [5.41, 5.74) is 0.678. The summed E-state index contributed by atoms with van der Waals surface area (Å²) in [6.07, 6.45) is 6.85. The van der Waals surface area contributed by atoms with E-state index in [-0.39, 0.29) is 23.3 Å². The molecule has 1 aliphatic heterocycles. The third kappa shape index (κ3) is 6.32. The fraction of sp³-hybridized carbons (Fsp3) is 0.625. The molecule has 2 atom stereocenters. The summed E-state index contributed by atoms with van der Waals surface area (Å²) in [4.78, 5) is 32.8. The number of amides is 1. The highest BCUT2D eigenvalue weighted by atomic mass is 32.2. The van der Waals surface area contributed by atoms with Crippen LogP contribution in [0.5, 0.6) is 0 Å². The standard InChI is InChI=1S/C24H36N4O2S/c1-4-18(3)25-22(29)17-31-24-26-21-13-7-6-12-20(21)23(30)28(24)16-10-15-27-14-9-8-11-19(27)5-2/h6-7,12-13,18-19H,4-5,8-11,14-17H2,1-3H3,(H,25,29). The van der Waals surface area contributed by atoms with E-state index in [9.17, 15) is 9.59 Å². The lowest BCUT2D eigenvalue weighted by Crippen LogP contribution is -2.40. The molecule has 3 rings (SSSR count). The van der Waals surface area contributed by atoms with E-state index in [0.717, 1.165) is 25.9 Å². The van der Waals surface area contributed by atoms with Gasteiger partial charge in [-0.25, -0.2) is 4.98 Å². The summed E-state index contributed by atoms with van der Waals surface area (Å²) in [5, 5.41) is 4.26. The Kier molecular flexibility index (Phi) is 8.96. The maximum Gasteiger partial charge on any atom is 0.262 e. The first-order chi connectivity index (χ1) is 15.0. The van der Waals surface area contributed by atoms with Crippen LogP contribution in [0.25, 0.3) is 10.9 Å². The third-order valence-electron chi connectivity index (χ3n) is 6.23. The number of likely N-dealkylation sites (tertiary alicyclic amines) is 1. The number of hydrogen-bond donors (Lipinski definition) is 1. The van der Waals surface area contributed by atoms with Crippen molar-refractivity contribution in [3.05, 3.63) is 34.6 Å². The van der Waals surface area contributed by atoms with Crippen molar-refractivity contribution in [3.8, 4) is 0 Å². The highest BCUT2D eigenvalue weighted by Crippen LogP contribution is 2.21. The zero-order chi connectivity index (χ0) is 22.2. The molecule has 1 aromatic heterocycles. The van der Waals surface area contributed by atoms with Crippen LogP contribution in [0.2, 0.25) is 0 Å². The number of fused-ring (bicyclic) bond motifs is 1. The Bertz CT molecular complexity index is 929. The maximum absolute atomic E-state index is 13.2. The van der Waals surface area contributed by atoms with Crippen LogP contribution in [0.1, 0.15) is 59.3 Å². The van der Waals surface area contributed by atoms with Crippen LogP contribution >= 0.6 is 11.8 Å². The van der Waals surface area contributed by atoms with E-state index in [4.69, 9.17) is 4.98 Å². The number of carbonyl (C=O) groups excluding carboxylic acids is 1. The summed E-state index contributed by atoms with van der Waals surface area (Å²) in [6, 6.07) is 8.29. The molecule has 0 aliphatic carbocycles. The average Bonchev–Trinajstić information content (AvgIpc) is 2.79. The van der Waals surface area contributed by atoms with E-state index in [1.165, 1.54) is 37.4 Å². The van der Waals surface area contributed by atoms with Gasteiger partial charge in [0.2, 0.25) is 5.91 Å². The van der Waals surface area contributed by atoms with Crippen LogP contribution in [0.15, 0.2) is 34.2 Å². The molecule has 6 nitrogen and oxygen atoms in total. The monoisotopic (exact) mass is 444 g/mol. The molecular weight excluding hydrogens is 408 g/mol. The van der Waals surface area contributed by atoms with E-state index < -0.39 is 0 Å². The van der Waals surface area contributed by atoms with Crippen molar-refractivity contribution in [1.82, 2.24) is 19.8 Å². The fourth-order valence-electron chi connectivity index (χ4n) is 4.25. The Balaban J connectivity index is 1.74. The molecule has 2 unspecified atom stereocenters. The van der Waals surface area contributed by atoms with Crippen LogP contribution in [0.4, 0.5) is 0 Å². The van der Waals surface area contributed by atoms with Gasteiger partial charge in [0.1, 0.15) is 0 Å². The normalized spacial score (nSPS) is 18.2. The van der Waals surface area contributed by atoms with E-state index in [1.807, 2.05) is 38.1 Å². The van der Waals surface area contributed by atoms with Crippen molar-refractivity contribution in [2.24, 2.45) is 0 Å². The molecule has 1 aromatic carbocycles. The number of aromatic nitrogens is 2. The summed E-state index contributed by atoms with van der Waals surface area (Å²) in [5.74, 6) is 0.242. The number of nitrogens with one attached hydrogen (secondary N) is 1. The summed E-state index contributed by atoms with van der Waals surface area (Å²) in [7, 11) is 0. The average molecular weight is 445 g/mol. The predicted octanol–water partition coefficient (Wildman–Crippen LogP) is 4.06. The molecule has 0 spiro atoms. The van der Waals surface area contributed by atoms with Gasteiger partial charge in [-0.3, -0.25) is 14.2 Å². The summed E-state index contributed by atoms with van der Waals surface area (Å²) < 4.78 is 1.77.